The first-order valence-electron chi connectivity index (χ1n) is 14.7. The van der Waals surface area contributed by atoms with Gasteiger partial charge in [-0.15, -0.1) is 0 Å². The van der Waals surface area contributed by atoms with Gasteiger partial charge in [-0.05, 0) is 98.4 Å². The maximum atomic E-state index is 13.9. The summed E-state index contributed by atoms with van der Waals surface area (Å²) < 4.78 is 40.6. The average Bonchev–Trinajstić information content (AvgIpc) is 3.12. The number of hydrogen-bond acceptors (Lipinski definition) is 5. The number of nitrogens with zero attached hydrogens (tertiary/aromatic N) is 1. The number of carbonyl (C=O) groups is 1. The van der Waals surface area contributed by atoms with E-state index in [0.29, 0.717) is 12.2 Å². The molecule has 42 heavy (non-hydrogen) atoms. The second kappa shape index (κ2) is 12.2. The van der Waals surface area contributed by atoms with Crippen LogP contribution in [0, 0.1) is 6.92 Å². The summed E-state index contributed by atoms with van der Waals surface area (Å²) in [4.78, 5) is 12.6. The molecular formula is C35H45NO5S. The molecule has 1 atom stereocenters. The van der Waals surface area contributed by atoms with Gasteiger partial charge in [-0.2, -0.15) is 4.31 Å². The first-order valence-corrected chi connectivity index (χ1v) is 16.2. The average molecular weight is 592 g/mol. The first kappa shape index (κ1) is 31.8. The number of fused-ring (bicyclic) bond motifs is 1. The third kappa shape index (κ3) is 7.42. The highest BCUT2D eigenvalue weighted by Gasteiger charge is 2.32. The predicted octanol–water partition coefficient (Wildman–Crippen LogP) is 7.77. The second-order valence-corrected chi connectivity index (χ2v) is 15.3. The molecule has 1 aliphatic rings. The summed E-state index contributed by atoms with van der Waals surface area (Å²) in [7, 11) is -2.12. The highest BCUT2D eigenvalue weighted by molar-refractivity contribution is 7.89. The van der Waals surface area contributed by atoms with E-state index in [9.17, 15) is 13.2 Å². The molecule has 0 radical (unpaired) electrons. The predicted molar refractivity (Wildman–Crippen MR) is 168 cm³/mol. The van der Waals surface area contributed by atoms with E-state index in [1.54, 1.807) is 19.2 Å². The van der Waals surface area contributed by atoms with Crippen molar-refractivity contribution < 1.29 is 22.7 Å². The van der Waals surface area contributed by atoms with Gasteiger partial charge in [0.1, 0.15) is 11.4 Å². The molecule has 226 valence electrons. The third-order valence-corrected chi connectivity index (χ3v) is 9.58. The lowest BCUT2D eigenvalue weighted by Crippen LogP contribution is -2.31. The molecule has 0 bridgehead atoms. The number of carbonyl (C=O) groups excluding carboxylic acids is 1. The lowest BCUT2D eigenvalue weighted by Gasteiger charge is -2.29. The summed E-state index contributed by atoms with van der Waals surface area (Å²) >= 11 is 0. The maximum absolute atomic E-state index is 13.9. The van der Waals surface area contributed by atoms with Gasteiger partial charge in [-0.1, -0.05) is 75.2 Å². The van der Waals surface area contributed by atoms with E-state index >= 15 is 0 Å². The zero-order chi connectivity index (χ0) is 30.9. The van der Waals surface area contributed by atoms with Gasteiger partial charge in [-0.25, -0.2) is 13.2 Å². The second-order valence-electron chi connectivity index (χ2n) is 13.3. The molecular weight excluding hydrogens is 546 g/mol. The van der Waals surface area contributed by atoms with Crippen LogP contribution in [0.3, 0.4) is 0 Å². The SMILES string of the molecule is Cc1cc(-c2ccc(S(=O)(=O)N(C)C3CCCCc4c(OCC(=O)OC(C)(C)C)cccc43)cc2)cc(C(C)(C)C)c1. The van der Waals surface area contributed by atoms with Crippen molar-refractivity contribution in [2.24, 2.45) is 0 Å². The zero-order valence-electron chi connectivity index (χ0n) is 26.3. The van der Waals surface area contributed by atoms with E-state index in [1.807, 2.05) is 51.1 Å². The molecule has 0 spiro atoms. The Morgan fingerprint density at radius 1 is 0.929 bits per heavy atom. The van der Waals surface area contributed by atoms with Crippen LogP contribution in [0.1, 0.15) is 89.1 Å². The maximum Gasteiger partial charge on any atom is 0.344 e. The summed E-state index contributed by atoms with van der Waals surface area (Å²) in [5.74, 6) is 0.168. The standard InChI is InChI=1S/C35H45NO5S/c1-24-20-26(22-27(21-24)34(2,3)4)25-16-18-28(19-17-25)42(38,39)36(8)31-14-10-9-12-30-29(31)13-11-15-32(30)40-23-33(37)41-35(5,6)7/h11,13,15-22,31H,9-10,12,14,23H2,1-8H3. The van der Waals surface area contributed by atoms with E-state index in [2.05, 4.69) is 45.9 Å². The van der Waals surface area contributed by atoms with E-state index in [0.717, 1.165) is 41.5 Å². The number of benzene rings is 3. The van der Waals surface area contributed by atoms with Crippen LogP contribution >= 0.6 is 0 Å². The molecule has 0 saturated carbocycles. The van der Waals surface area contributed by atoms with Crippen molar-refractivity contribution >= 4 is 16.0 Å². The topological polar surface area (TPSA) is 72.9 Å². The van der Waals surface area contributed by atoms with Crippen molar-refractivity contribution in [1.29, 1.82) is 0 Å². The Morgan fingerprint density at radius 3 is 2.26 bits per heavy atom. The van der Waals surface area contributed by atoms with Crippen LogP contribution in [0.2, 0.25) is 0 Å². The molecule has 0 saturated heterocycles. The molecule has 1 unspecified atom stereocenters. The van der Waals surface area contributed by atoms with E-state index in [-0.39, 0.29) is 23.0 Å². The van der Waals surface area contributed by atoms with Gasteiger partial charge in [0.25, 0.3) is 0 Å². The van der Waals surface area contributed by atoms with Gasteiger partial charge >= 0.3 is 5.97 Å². The smallest absolute Gasteiger partial charge is 0.344 e. The highest BCUT2D eigenvalue weighted by Crippen LogP contribution is 2.39. The molecule has 0 heterocycles. The highest BCUT2D eigenvalue weighted by atomic mass is 32.2. The molecule has 0 fully saturated rings. The molecule has 0 aromatic heterocycles. The minimum absolute atomic E-state index is 0.0163. The van der Waals surface area contributed by atoms with Crippen molar-refractivity contribution in [2.45, 2.75) is 96.1 Å². The third-order valence-electron chi connectivity index (χ3n) is 7.70. The Labute approximate surface area is 252 Å². The number of aryl methyl sites for hydroxylation is 1. The number of sulfonamides is 1. The minimum atomic E-state index is -3.78. The zero-order valence-corrected chi connectivity index (χ0v) is 27.1. The van der Waals surface area contributed by atoms with Gasteiger partial charge in [0.2, 0.25) is 10.0 Å². The summed E-state index contributed by atoms with van der Waals surface area (Å²) in [6, 6.07) is 19.1. The first-order chi connectivity index (χ1) is 19.6. The van der Waals surface area contributed by atoms with Crippen LogP contribution in [0.4, 0.5) is 0 Å². The van der Waals surface area contributed by atoms with Crippen molar-refractivity contribution in [1.82, 2.24) is 4.31 Å². The fraction of sp³-hybridized carbons (Fsp3) is 0.457. The van der Waals surface area contributed by atoms with Crippen LogP contribution in [0.5, 0.6) is 5.75 Å². The Bertz CT molecular complexity index is 1530. The Kier molecular flexibility index (Phi) is 9.24. The summed E-state index contributed by atoms with van der Waals surface area (Å²) in [6.07, 6.45) is 3.25. The van der Waals surface area contributed by atoms with Crippen LogP contribution in [-0.4, -0.2) is 37.9 Å². The Balaban J connectivity index is 1.59. The van der Waals surface area contributed by atoms with Crippen molar-refractivity contribution in [2.75, 3.05) is 13.7 Å². The van der Waals surface area contributed by atoms with Crippen LogP contribution in [-0.2, 0) is 31.4 Å². The van der Waals surface area contributed by atoms with E-state index < -0.39 is 21.6 Å². The fourth-order valence-corrected chi connectivity index (χ4v) is 6.88. The number of rotatable bonds is 7. The molecule has 1 aliphatic carbocycles. The molecule has 0 amide bonds. The summed E-state index contributed by atoms with van der Waals surface area (Å²) in [5, 5.41) is 0. The van der Waals surface area contributed by atoms with Crippen molar-refractivity contribution in [3.63, 3.8) is 0 Å². The number of ether oxygens (including phenoxy) is 2. The lowest BCUT2D eigenvalue weighted by molar-refractivity contribution is -0.157. The quantitative estimate of drug-likeness (QED) is 0.207. The molecule has 3 aromatic rings. The normalized spacial score (nSPS) is 16.1. The lowest BCUT2D eigenvalue weighted by atomic mass is 9.84. The van der Waals surface area contributed by atoms with Gasteiger partial charge in [0.05, 0.1) is 10.9 Å². The Hall–Kier alpha value is -3.16. The molecule has 0 aliphatic heterocycles. The van der Waals surface area contributed by atoms with E-state index in [4.69, 9.17) is 9.47 Å². The van der Waals surface area contributed by atoms with Crippen LogP contribution in [0.25, 0.3) is 11.1 Å². The van der Waals surface area contributed by atoms with E-state index in [1.165, 1.54) is 15.4 Å². The van der Waals surface area contributed by atoms with Crippen LogP contribution in [0.15, 0.2) is 65.6 Å². The molecule has 7 heteroatoms. The minimum Gasteiger partial charge on any atom is -0.482 e. The summed E-state index contributed by atoms with van der Waals surface area (Å²) in [5.41, 5.74) is 5.78. The molecule has 4 rings (SSSR count). The van der Waals surface area contributed by atoms with Crippen molar-refractivity contribution in [3.05, 3.63) is 82.9 Å². The fourth-order valence-electron chi connectivity index (χ4n) is 5.51. The van der Waals surface area contributed by atoms with Gasteiger partial charge in [-0.3, -0.25) is 0 Å². The molecule has 6 nitrogen and oxygen atoms in total. The van der Waals surface area contributed by atoms with Gasteiger partial charge in [0.15, 0.2) is 6.61 Å². The van der Waals surface area contributed by atoms with Gasteiger partial charge in [0, 0.05) is 7.05 Å². The van der Waals surface area contributed by atoms with Gasteiger partial charge < -0.3 is 9.47 Å². The number of esters is 1. The van der Waals surface area contributed by atoms with Crippen molar-refractivity contribution in [3.8, 4) is 16.9 Å². The summed E-state index contributed by atoms with van der Waals surface area (Å²) in [6.45, 7) is 13.9. The molecule has 3 aromatic carbocycles. The Morgan fingerprint density at radius 2 is 1.62 bits per heavy atom. The largest absolute Gasteiger partial charge is 0.482 e. The monoisotopic (exact) mass is 591 g/mol. The molecule has 0 N–H and O–H groups in total. The number of hydrogen-bond donors (Lipinski definition) is 0. The van der Waals surface area contributed by atoms with Crippen LogP contribution < -0.4 is 4.74 Å².